The number of Topliss-reactive ketones (excluding diaryl/α,β-unsaturated/α-hetero) is 1. The number of amides is 1. The van der Waals surface area contributed by atoms with Crippen LogP contribution in [0.2, 0.25) is 5.02 Å². The van der Waals surface area contributed by atoms with Gasteiger partial charge >= 0.3 is 0 Å². The summed E-state index contributed by atoms with van der Waals surface area (Å²) >= 11 is 5.82. The SMILES string of the molecule is CC(=O)N=c1ccn([C@H](C)C(=O)c2ccc(Cl)cc2)cc1. The molecule has 1 aromatic carbocycles. The minimum absolute atomic E-state index is 0.00655. The van der Waals surface area contributed by atoms with Crippen LogP contribution in [0.15, 0.2) is 53.8 Å². The number of carbonyl (C=O) groups is 2. The van der Waals surface area contributed by atoms with Crippen LogP contribution in [0.5, 0.6) is 0 Å². The summed E-state index contributed by atoms with van der Waals surface area (Å²) in [6.45, 7) is 3.21. The first kappa shape index (κ1) is 15.2. The fourth-order valence-electron chi connectivity index (χ4n) is 1.94. The Morgan fingerprint density at radius 1 is 1.10 bits per heavy atom. The molecule has 2 rings (SSSR count). The number of hydrogen-bond donors (Lipinski definition) is 0. The van der Waals surface area contributed by atoms with Crippen LogP contribution in [0.1, 0.15) is 30.2 Å². The van der Waals surface area contributed by atoms with Crippen LogP contribution < -0.4 is 5.36 Å². The van der Waals surface area contributed by atoms with E-state index in [1.54, 1.807) is 53.4 Å². The Bertz CT molecular complexity index is 712. The van der Waals surface area contributed by atoms with Gasteiger partial charge in [0.25, 0.3) is 0 Å². The largest absolute Gasteiger partial charge is 0.344 e. The zero-order valence-electron chi connectivity index (χ0n) is 11.8. The van der Waals surface area contributed by atoms with E-state index in [4.69, 9.17) is 11.6 Å². The Balaban J connectivity index is 2.23. The summed E-state index contributed by atoms with van der Waals surface area (Å²) in [5, 5.41) is 1.17. The van der Waals surface area contributed by atoms with Crippen LogP contribution in [0.3, 0.4) is 0 Å². The second kappa shape index (κ2) is 6.50. The summed E-state index contributed by atoms with van der Waals surface area (Å²) in [5.74, 6) is -0.258. The van der Waals surface area contributed by atoms with Gasteiger partial charge in [-0.2, -0.15) is 0 Å². The fraction of sp³-hybridized carbons (Fsp3) is 0.188. The normalized spacial score (nSPS) is 11.8. The van der Waals surface area contributed by atoms with Crippen molar-refractivity contribution < 1.29 is 9.59 Å². The van der Waals surface area contributed by atoms with E-state index < -0.39 is 0 Å². The van der Waals surface area contributed by atoms with Gasteiger partial charge in [-0.25, -0.2) is 4.99 Å². The van der Waals surface area contributed by atoms with E-state index in [2.05, 4.69) is 4.99 Å². The highest BCUT2D eigenvalue weighted by Gasteiger charge is 2.15. The molecule has 0 aliphatic heterocycles. The van der Waals surface area contributed by atoms with E-state index in [0.29, 0.717) is 15.9 Å². The van der Waals surface area contributed by atoms with E-state index >= 15 is 0 Å². The van der Waals surface area contributed by atoms with Gasteiger partial charge in [-0.15, -0.1) is 0 Å². The Morgan fingerprint density at radius 2 is 1.67 bits per heavy atom. The molecule has 0 aliphatic carbocycles. The highest BCUT2D eigenvalue weighted by Crippen LogP contribution is 2.16. The summed E-state index contributed by atoms with van der Waals surface area (Å²) in [6, 6.07) is 9.86. The van der Waals surface area contributed by atoms with Crippen LogP contribution in [0.4, 0.5) is 0 Å². The third-order valence-electron chi connectivity index (χ3n) is 3.08. The molecule has 1 atom stereocenters. The predicted molar refractivity (Wildman–Crippen MR) is 81.2 cm³/mol. The van der Waals surface area contributed by atoms with Gasteiger partial charge in [0.2, 0.25) is 5.91 Å². The summed E-state index contributed by atoms with van der Waals surface area (Å²) in [7, 11) is 0. The second-order valence-electron chi connectivity index (χ2n) is 4.68. The molecule has 0 N–H and O–H groups in total. The Hall–Kier alpha value is -2.20. The summed E-state index contributed by atoms with van der Waals surface area (Å²) in [5.41, 5.74) is 0.608. The van der Waals surface area contributed by atoms with Gasteiger partial charge in [-0.3, -0.25) is 9.59 Å². The zero-order valence-corrected chi connectivity index (χ0v) is 12.5. The smallest absolute Gasteiger partial charge is 0.243 e. The highest BCUT2D eigenvalue weighted by atomic mass is 35.5. The fourth-order valence-corrected chi connectivity index (χ4v) is 2.06. The molecule has 0 bridgehead atoms. The number of hydrogen-bond acceptors (Lipinski definition) is 2. The van der Waals surface area contributed by atoms with E-state index in [0.717, 1.165) is 0 Å². The molecule has 4 nitrogen and oxygen atoms in total. The lowest BCUT2D eigenvalue weighted by Crippen LogP contribution is -2.18. The molecule has 0 spiro atoms. The summed E-state index contributed by atoms with van der Waals surface area (Å²) < 4.78 is 1.77. The molecule has 5 heteroatoms. The van der Waals surface area contributed by atoms with Crippen molar-refractivity contribution in [3.05, 3.63) is 64.7 Å². The van der Waals surface area contributed by atoms with Crippen molar-refractivity contribution in [3.63, 3.8) is 0 Å². The Labute approximate surface area is 127 Å². The summed E-state index contributed by atoms with van der Waals surface area (Å²) in [6.07, 6.45) is 3.47. The third-order valence-corrected chi connectivity index (χ3v) is 3.33. The molecule has 1 aromatic heterocycles. The molecule has 21 heavy (non-hydrogen) atoms. The number of pyridine rings is 1. The predicted octanol–water partition coefficient (Wildman–Crippen LogP) is 3.03. The quantitative estimate of drug-likeness (QED) is 0.818. The topological polar surface area (TPSA) is 51.4 Å². The lowest BCUT2D eigenvalue weighted by Gasteiger charge is -2.14. The number of carbonyl (C=O) groups excluding carboxylic acids is 2. The van der Waals surface area contributed by atoms with E-state index in [1.807, 2.05) is 6.92 Å². The average molecular weight is 303 g/mol. The maximum absolute atomic E-state index is 12.4. The van der Waals surface area contributed by atoms with Gasteiger partial charge in [0.1, 0.15) is 0 Å². The van der Waals surface area contributed by atoms with Crippen LogP contribution in [-0.4, -0.2) is 16.3 Å². The first-order valence-corrected chi connectivity index (χ1v) is 6.88. The number of rotatable bonds is 3. The molecule has 0 aliphatic rings. The molecule has 2 aromatic rings. The minimum atomic E-state index is -0.349. The van der Waals surface area contributed by atoms with Gasteiger partial charge in [0.15, 0.2) is 5.78 Å². The van der Waals surface area contributed by atoms with E-state index in [9.17, 15) is 9.59 Å². The van der Waals surface area contributed by atoms with Gasteiger partial charge < -0.3 is 4.57 Å². The van der Waals surface area contributed by atoms with Gasteiger partial charge in [0.05, 0.1) is 11.4 Å². The molecule has 108 valence electrons. The van der Waals surface area contributed by atoms with E-state index in [1.165, 1.54) is 6.92 Å². The van der Waals surface area contributed by atoms with Crippen molar-refractivity contribution >= 4 is 23.3 Å². The van der Waals surface area contributed by atoms with Crippen molar-refractivity contribution in [1.29, 1.82) is 0 Å². The van der Waals surface area contributed by atoms with Crippen LogP contribution in [0, 0.1) is 0 Å². The minimum Gasteiger partial charge on any atom is -0.344 e. The number of aromatic nitrogens is 1. The molecular weight excluding hydrogens is 288 g/mol. The first-order valence-electron chi connectivity index (χ1n) is 6.50. The number of benzene rings is 1. The van der Waals surface area contributed by atoms with Crippen molar-refractivity contribution in [1.82, 2.24) is 4.57 Å². The maximum atomic E-state index is 12.4. The molecule has 0 saturated carbocycles. The number of halogens is 1. The monoisotopic (exact) mass is 302 g/mol. The van der Waals surface area contributed by atoms with Gasteiger partial charge in [-0.1, -0.05) is 11.6 Å². The third kappa shape index (κ3) is 3.89. The lowest BCUT2D eigenvalue weighted by molar-refractivity contribution is -0.116. The Morgan fingerprint density at radius 3 is 2.19 bits per heavy atom. The van der Waals surface area contributed by atoms with Crippen molar-refractivity contribution in [2.24, 2.45) is 4.99 Å². The van der Waals surface area contributed by atoms with Gasteiger partial charge in [-0.05, 0) is 43.3 Å². The highest BCUT2D eigenvalue weighted by molar-refractivity contribution is 6.30. The molecule has 0 radical (unpaired) electrons. The number of ketones is 1. The van der Waals surface area contributed by atoms with Crippen LogP contribution in [-0.2, 0) is 4.79 Å². The molecule has 0 unspecified atom stereocenters. The van der Waals surface area contributed by atoms with Crippen molar-refractivity contribution in [2.45, 2.75) is 19.9 Å². The average Bonchev–Trinajstić information content (AvgIpc) is 2.47. The van der Waals surface area contributed by atoms with Crippen LogP contribution in [0.25, 0.3) is 0 Å². The maximum Gasteiger partial charge on any atom is 0.243 e. The lowest BCUT2D eigenvalue weighted by atomic mass is 10.1. The van der Waals surface area contributed by atoms with Crippen LogP contribution >= 0.6 is 11.6 Å². The van der Waals surface area contributed by atoms with Crippen molar-refractivity contribution in [3.8, 4) is 0 Å². The molecule has 0 saturated heterocycles. The molecule has 0 fully saturated rings. The van der Waals surface area contributed by atoms with Crippen molar-refractivity contribution in [2.75, 3.05) is 0 Å². The first-order chi connectivity index (χ1) is 9.97. The number of nitrogens with zero attached hydrogens (tertiary/aromatic N) is 2. The zero-order chi connectivity index (χ0) is 15.4. The molecule has 1 heterocycles. The Kier molecular flexibility index (Phi) is 4.70. The molecular formula is C16H15ClN2O2. The second-order valence-corrected chi connectivity index (χ2v) is 5.12. The molecule has 1 amide bonds. The standard InChI is InChI=1S/C16H15ClN2O2/c1-11(16(21)13-3-5-14(17)6-4-13)19-9-7-15(8-10-19)18-12(2)20/h3-11H,1-2H3/t11-/m1/s1. The van der Waals surface area contributed by atoms with Gasteiger partial charge in [0, 0.05) is 29.9 Å². The summed E-state index contributed by atoms with van der Waals surface area (Å²) in [4.78, 5) is 27.1. The van der Waals surface area contributed by atoms with E-state index in [-0.39, 0.29) is 17.7 Å².